The topological polar surface area (TPSA) is 12.0 Å². The molecule has 0 fully saturated rings. The highest BCUT2D eigenvalue weighted by molar-refractivity contribution is 4.66. The molecule has 0 unspecified atom stereocenters. The second-order valence-electron chi connectivity index (χ2n) is 0.850. The number of halogens is 1. The lowest BCUT2D eigenvalue weighted by atomic mass is 10.7. The van der Waals surface area contributed by atoms with Crippen molar-refractivity contribution in [3.63, 3.8) is 0 Å². The van der Waals surface area contributed by atoms with Crippen LogP contribution in [-0.2, 0) is 0 Å². The van der Waals surface area contributed by atoms with Crippen LogP contribution >= 0.6 is 0 Å². The first kappa shape index (κ1) is 5.47. The predicted octanol–water partition coefficient (Wildman–Crippen LogP) is 1.04. The molecule has 2 heteroatoms. The molecule has 0 amide bonds. The third-order valence-corrected chi connectivity index (χ3v) is 0.385. The fraction of sp³-hybridized carbons (Fsp3) is 0.500. The van der Waals surface area contributed by atoms with Crippen molar-refractivity contribution in [3.05, 3.63) is 12.5 Å². The summed E-state index contributed by atoms with van der Waals surface area (Å²) in [5.41, 5.74) is 0. The molecule has 0 heterocycles. The normalized spacial score (nSPS) is 9.67. The van der Waals surface area contributed by atoms with E-state index in [4.69, 9.17) is 0 Å². The maximum atomic E-state index is 10.9. The van der Waals surface area contributed by atoms with Crippen LogP contribution in [0.2, 0.25) is 0 Å². The van der Waals surface area contributed by atoms with Crippen molar-refractivity contribution in [2.45, 2.75) is 6.92 Å². The number of hydrogen-bond acceptors (Lipinski definition) is 1. The highest BCUT2D eigenvalue weighted by Crippen LogP contribution is 1.63. The first-order chi connectivity index (χ1) is 2.91. The molecule has 0 aliphatic rings. The summed E-state index contributed by atoms with van der Waals surface area (Å²) in [6, 6.07) is 0. The van der Waals surface area contributed by atoms with Crippen LogP contribution in [0.1, 0.15) is 6.92 Å². The van der Waals surface area contributed by atoms with Gasteiger partial charge in [-0.05, 0) is 6.92 Å². The Balaban J connectivity index is 2.66. The van der Waals surface area contributed by atoms with Gasteiger partial charge in [0.05, 0.1) is 0 Å². The van der Waals surface area contributed by atoms with Crippen molar-refractivity contribution in [2.75, 3.05) is 6.54 Å². The minimum Gasteiger partial charge on any atom is -0.389 e. The molecule has 0 spiro atoms. The zero-order chi connectivity index (χ0) is 4.83. The molecule has 0 aliphatic heterocycles. The van der Waals surface area contributed by atoms with Gasteiger partial charge in [0, 0.05) is 12.7 Å². The van der Waals surface area contributed by atoms with E-state index in [1.807, 2.05) is 6.92 Å². The van der Waals surface area contributed by atoms with Crippen LogP contribution in [0.25, 0.3) is 0 Å². The number of rotatable bonds is 2. The molecule has 0 rings (SSSR count). The molecule has 1 nitrogen and oxygen atoms in total. The van der Waals surface area contributed by atoms with Crippen molar-refractivity contribution >= 4 is 0 Å². The van der Waals surface area contributed by atoms with Gasteiger partial charge >= 0.3 is 0 Å². The van der Waals surface area contributed by atoms with Gasteiger partial charge in [-0.15, -0.1) is 0 Å². The fourth-order valence-electron chi connectivity index (χ4n) is 0.162. The summed E-state index contributed by atoms with van der Waals surface area (Å²) >= 11 is 0. The Hall–Kier alpha value is -0.530. The smallest absolute Gasteiger partial charge is 0.102 e. The van der Waals surface area contributed by atoms with E-state index >= 15 is 0 Å². The van der Waals surface area contributed by atoms with Crippen molar-refractivity contribution in [2.24, 2.45) is 0 Å². The summed E-state index contributed by atoms with van der Waals surface area (Å²) in [7, 11) is 0. The van der Waals surface area contributed by atoms with Gasteiger partial charge in [0.15, 0.2) is 0 Å². The summed E-state index contributed by atoms with van der Waals surface area (Å²) in [6.45, 7) is 2.68. The Bertz CT molecular complexity index is 42.8. The third kappa shape index (κ3) is 3.47. The zero-order valence-corrected chi connectivity index (χ0v) is 3.74. The van der Waals surface area contributed by atoms with Crippen molar-refractivity contribution in [1.82, 2.24) is 5.32 Å². The number of hydrogen-bond donors (Lipinski definition) is 1. The molecule has 0 aliphatic carbocycles. The van der Waals surface area contributed by atoms with Crippen molar-refractivity contribution < 1.29 is 4.39 Å². The Kier molecular flexibility index (Phi) is 4.08. The fourth-order valence-corrected chi connectivity index (χ4v) is 0.162. The highest BCUT2D eigenvalue weighted by Gasteiger charge is 1.60. The van der Waals surface area contributed by atoms with Crippen LogP contribution in [-0.4, -0.2) is 6.54 Å². The summed E-state index contributed by atoms with van der Waals surface area (Å²) in [4.78, 5) is 0. The summed E-state index contributed by atoms with van der Waals surface area (Å²) in [6.07, 6.45) is 1.74. The minimum atomic E-state index is 0.476. The SMILES string of the molecule is CCN/C=C/F. The van der Waals surface area contributed by atoms with Crippen LogP contribution in [0.5, 0.6) is 0 Å². The average molecular weight is 89.1 g/mol. The van der Waals surface area contributed by atoms with Gasteiger partial charge in [-0.1, -0.05) is 0 Å². The molecule has 0 radical (unpaired) electrons. The second-order valence-corrected chi connectivity index (χ2v) is 0.850. The molecule has 0 aromatic rings. The van der Waals surface area contributed by atoms with E-state index in [9.17, 15) is 4.39 Å². The van der Waals surface area contributed by atoms with E-state index in [-0.39, 0.29) is 0 Å². The average Bonchev–Trinajstić information content (AvgIpc) is 1.61. The van der Waals surface area contributed by atoms with Gasteiger partial charge < -0.3 is 5.32 Å². The van der Waals surface area contributed by atoms with Crippen LogP contribution < -0.4 is 5.32 Å². The predicted molar refractivity (Wildman–Crippen MR) is 23.9 cm³/mol. The lowest BCUT2D eigenvalue weighted by molar-refractivity contribution is 0.706. The van der Waals surface area contributed by atoms with E-state index in [0.717, 1.165) is 6.54 Å². The van der Waals surface area contributed by atoms with E-state index in [2.05, 4.69) is 5.32 Å². The van der Waals surface area contributed by atoms with Gasteiger partial charge in [-0.25, -0.2) is 4.39 Å². The van der Waals surface area contributed by atoms with Crippen LogP contribution in [0.15, 0.2) is 12.5 Å². The largest absolute Gasteiger partial charge is 0.389 e. The zero-order valence-electron chi connectivity index (χ0n) is 3.74. The third-order valence-electron chi connectivity index (χ3n) is 0.385. The van der Waals surface area contributed by atoms with Crippen molar-refractivity contribution in [1.29, 1.82) is 0 Å². The van der Waals surface area contributed by atoms with Crippen LogP contribution in [0, 0.1) is 0 Å². The lowest BCUT2D eigenvalue weighted by Crippen LogP contribution is -2.00. The Morgan fingerprint density at radius 2 is 2.50 bits per heavy atom. The van der Waals surface area contributed by atoms with Gasteiger partial charge in [-0.3, -0.25) is 0 Å². The Morgan fingerprint density at radius 3 is 2.67 bits per heavy atom. The van der Waals surface area contributed by atoms with Gasteiger partial charge in [0.2, 0.25) is 0 Å². The Labute approximate surface area is 36.9 Å². The first-order valence-corrected chi connectivity index (χ1v) is 1.90. The summed E-state index contributed by atoms with van der Waals surface area (Å²) in [5.74, 6) is 0. The molecular weight excluding hydrogens is 81.0 g/mol. The van der Waals surface area contributed by atoms with E-state index in [0.29, 0.717) is 6.33 Å². The molecule has 0 aromatic heterocycles. The van der Waals surface area contributed by atoms with Crippen LogP contribution in [0.4, 0.5) is 4.39 Å². The molecule has 6 heavy (non-hydrogen) atoms. The van der Waals surface area contributed by atoms with Gasteiger partial charge in [-0.2, -0.15) is 0 Å². The molecule has 0 saturated carbocycles. The standard InChI is InChI=1S/C4H8FN/c1-2-6-4-3-5/h3-4,6H,2H2,1H3/b4-3+. The molecule has 1 N–H and O–H groups in total. The Morgan fingerprint density at radius 1 is 1.83 bits per heavy atom. The molecule has 0 atom stereocenters. The molecule has 36 valence electrons. The van der Waals surface area contributed by atoms with Gasteiger partial charge in [0.25, 0.3) is 0 Å². The van der Waals surface area contributed by atoms with Crippen molar-refractivity contribution in [3.8, 4) is 0 Å². The van der Waals surface area contributed by atoms with Gasteiger partial charge in [0.1, 0.15) is 6.33 Å². The summed E-state index contributed by atoms with van der Waals surface area (Å²) < 4.78 is 10.9. The molecular formula is C4H8FN. The number of nitrogens with one attached hydrogen (secondary N) is 1. The first-order valence-electron chi connectivity index (χ1n) is 1.90. The lowest BCUT2D eigenvalue weighted by Gasteiger charge is -1.84. The molecule has 0 bridgehead atoms. The van der Waals surface area contributed by atoms with E-state index in [1.54, 1.807) is 0 Å². The quantitative estimate of drug-likeness (QED) is 0.533. The van der Waals surface area contributed by atoms with E-state index < -0.39 is 0 Å². The monoisotopic (exact) mass is 89.1 g/mol. The second kappa shape index (κ2) is 4.47. The maximum Gasteiger partial charge on any atom is 0.102 e. The maximum absolute atomic E-state index is 10.9. The van der Waals surface area contributed by atoms with Crippen LogP contribution in [0.3, 0.4) is 0 Å². The highest BCUT2D eigenvalue weighted by atomic mass is 19.1. The minimum absolute atomic E-state index is 0.476. The van der Waals surface area contributed by atoms with E-state index in [1.165, 1.54) is 6.20 Å². The summed E-state index contributed by atoms with van der Waals surface area (Å²) in [5, 5.41) is 2.64. The molecule has 0 saturated heterocycles. The molecule has 0 aromatic carbocycles.